The molecular weight excluding hydrogens is 350 g/mol. The number of anilines is 1. The summed E-state index contributed by atoms with van der Waals surface area (Å²) in [6.07, 6.45) is 0.926. The number of benzene rings is 2. The normalized spacial score (nSPS) is 11.1. The van der Waals surface area contributed by atoms with Crippen molar-refractivity contribution in [2.75, 3.05) is 46.7 Å². The van der Waals surface area contributed by atoms with Crippen LogP contribution in [0.15, 0.2) is 53.5 Å². The summed E-state index contributed by atoms with van der Waals surface area (Å²) in [6, 6.07) is 16.2. The molecule has 2 aromatic rings. The second-order valence-corrected chi connectivity index (χ2v) is 7.06. The topological polar surface area (TPSA) is 60.0 Å². The third-order valence-corrected chi connectivity index (χ3v) is 4.45. The summed E-state index contributed by atoms with van der Waals surface area (Å²) in [6.45, 7) is 1.45. The maximum Gasteiger partial charge on any atom is 0.253 e. The van der Waals surface area contributed by atoms with E-state index < -0.39 is 0 Å². The Balaban J connectivity index is 1.79. The van der Waals surface area contributed by atoms with Gasteiger partial charge in [-0.1, -0.05) is 24.3 Å². The summed E-state index contributed by atoms with van der Waals surface area (Å²) in [4.78, 5) is 19.9. The highest BCUT2D eigenvalue weighted by atomic mass is 16.2. The number of hydrogen-bond acceptors (Lipinski definition) is 3. The van der Waals surface area contributed by atoms with Crippen LogP contribution in [0.1, 0.15) is 21.5 Å². The van der Waals surface area contributed by atoms with Gasteiger partial charge in [0.15, 0.2) is 5.96 Å². The largest absolute Gasteiger partial charge is 0.378 e. The van der Waals surface area contributed by atoms with Crippen LogP contribution in [0.2, 0.25) is 0 Å². The van der Waals surface area contributed by atoms with E-state index in [1.54, 1.807) is 26.0 Å². The van der Waals surface area contributed by atoms with Gasteiger partial charge < -0.3 is 20.4 Å². The second kappa shape index (κ2) is 10.3. The fourth-order valence-corrected chi connectivity index (χ4v) is 2.72. The molecule has 150 valence electrons. The molecule has 0 aliphatic carbocycles. The van der Waals surface area contributed by atoms with Gasteiger partial charge in [0.05, 0.1) is 0 Å². The molecule has 0 aromatic heterocycles. The molecule has 0 saturated heterocycles. The minimum Gasteiger partial charge on any atom is -0.378 e. The molecule has 0 aliphatic heterocycles. The van der Waals surface area contributed by atoms with Crippen molar-refractivity contribution >= 4 is 17.6 Å². The van der Waals surface area contributed by atoms with Gasteiger partial charge in [0, 0.05) is 59.6 Å². The molecule has 0 aliphatic rings. The first-order chi connectivity index (χ1) is 13.4. The van der Waals surface area contributed by atoms with E-state index in [0.29, 0.717) is 12.1 Å². The summed E-state index contributed by atoms with van der Waals surface area (Å²) in [5.74, 6) is 0.772. The van der Waals surface area contributed by atoms with Crippen molar-refractivity contribution in [3.63, 3.8) is 0 Å². The molecule has 2 rings (SSSR count). The van der Waals surface area contributed by atoms with Gasteiger partial charge >= 0.3 is 0 Å². The molecule has 0 radical (unpaired) electrons. The van der Waals surface area contributed by atoms with Crippen LogP contribution in [0.4, 0.5) is 5.69 Å². The molecule has 0 fully saturated rings. The van der Waals surface area contributed by atoms with Gasteiger partial charge in [0.2, 0.25) is 0 Å². The average molecular weight is 382 g/mol. The van der Waals surface area contributed by atoms with Crippen LogP contribution in [0.25, 0.3) is 0 Å². The molecule has 0 bridgehead atoms. The van der Waals surface area contributed by atoms with E-state index in [1.807, 2.05) is 38.4 Å². The Morgan fingerprint density at radius 2 is 1.50 bits per heavy atom. The van der Waals surface area contributed by atoms with E-state index in [0.717, 1.165) is 24.5 Å². The van der Waals surface area contributed by atoms with E-state index in [1.165, 1.54) is 11.3 Å². The number of nitrogens with one attached hydrogen (secondary N) is 2. The third kappa shape index (κ3) is 6.30. The van der Waals surface area contributed by atoms with Gasteiger partial charge in [-0.25, -0.2) is 0 Å². The molecule has 2 N–H and O–H groups in total. The number of guanidine groups is 1. The molecule has 0 heterocycles. The van der Waals surface area contributed by atoms with Gasteiger partial charge in [0.25, 0.3) is 5.91 Å². The predicted octanol–water partition coefficient (Wildman–Crippen LogP) is 2.36. The molecule has 0 saturated carbocycles. The van der Waals surface area contributed by atoms with Gasteiger partial charge in [-0.15, -0.1) is 0 Å². The van der Waals surface area contributed by atoms with E-state index in [9.17, 15) is 4.79 Å². The number of hydrogen-bond donors (Lipinski definition) is 2. The smallest absolute Gasteiger partial charge is 0.253 e. The highest BCUT2D eigenvalue weighted by Crippen LogP contribution is 2.12. The van der Waals surface area contributed by atoms with Crippen LogP contribution in [-0.2, 0) is 13.0 Å². The Morgan fingerprint density at radius 1 is 0.893 bits per heavy atom. The van der Waals surface area contributed by atoms with E-state index in [-0.39, 0.29) is 5.91 Å². The lowest BCUT2D eigenvalue weighted by molar-refractivity contribution is 0.0827. The number of rotatable bonds is 7. The summed E-state index contributed by atoms with van der Waals surface area (Å²) >= 11 is 0. The van der Waals surface area contributed by atoms with Gasteiger partial charge in [-0.05, 0) is 41.8 Å². The zero-order chi connectivity index (χ0) is 20.5. The predicted molar refractivity (Wildman–Crippen MR) is 117 cm³/mol. The standard InChI is InChI=1S/C22H31N5O/c1-23-22(24-15-14-17-8-12-20(13-9-17)26(2)3)25-16-18-6-10-19(11-7-18)21(28)27(4)5/h6-13H,14-16H2,1-5H3,(H2,23,24,25). The van der Waals surface area contributed by atoms with Crippen LogP contribution < -0.4 is 15.5 Å². The first kappa shape index (κ1) is 21.3. The summed E-state index contributed by atoms with van der Waals surface area (Å²) < 4.78 is 0. The highest BCUT2D eigenvalue weighted by molar-refractivity contribution is 5.93. The first-order valence-corrected chi connectivity index (χ1v) is 9.42. The van der Waals surface area contributed by atoms with Crippen molar-refractivity contribution < 1.29 is 4.79 Å². The lowest BCUT2D eigenvalue weighted by Gasteiger charge is -2.14. The second-order valence-electron chi connectivity index (χ2n) is 7.06. The minimum absolute atomic E-state index is 0.00981. The zero-order valence-electron chi connectivity index (χ0n) is 17.5. The Kier molecular flexibility index (Phi) is 7.87. The lowest BCUT2D eigenvalue weighted by Crippen LogP contribution is -2.37. The van der Waals surface area contributed by atoms with E-state index in [4.69, 9.17) is 0 Å². The van der Waals surface area contributed by atoms with Crippen molar-refractivity contribution in [2.24, 2.45) is 4.99 Å². The monoisotopic (exact) mass is 381 g/mol. The van der Waals surface area contributed by atoms with Gasteiger partial charge in [-0.3, -0.25) is 9.79 Å². The first-order valence-electron chi connectivity index (χ1n) is 9.42. The Labute approximate surface area is 168 Å². The maximum atomic E-state index is 11.9. The number of carbonyl (C=O) groups excluding carboxylic acids is 1. The van der Waals surface area contributed by atoms with Crippen LogP contribution >= 0.6 is 0 Å². The molecule has 0 unspecified atom stereocenters. The summed E-state index contributed by atoms with van der Waals surface area (Å²) in [5, 5.41) is 6.64. The van der Waals surface area contributed by atoms with E-state index in [2.05, 4.69) is 44.8 Å². The SMILES string of the molecule is CN=C(NCCc1ccc(N(C)C)cc1)NCc1ccc(C(=O)N(C)C)cc1. The fraction of sp³-hybridized carbons (Fsp3) is 0.364. The third-order valence-electron chi connectivity index (χ3n) is 4.45. The average Bonchev–Trinajstić information content (AvgIpc) is 2.70. The Bertz CT molecular complexity index is 780. The van der Waals surface area contributed by atoms with Crippen molar-refractivity contribution in [1.82, 2.24) is 15.5 Å². The lowest BCUT2D eigenvalue weighted by atomic mass is 10.1. The molecule has 2 aromatic carbocycles. The molecular formula is C22H31N5O. The van der Waals surface area contributed by atoms with Crippen molar-refractivity contribution in [3.05, 3.63) is 65.2 Å². The van der Waals surface area contributed by atoms with Crippen molar-refractivity contribution in [2.45, 2.75) is 13.0 Å². The van der Waals surface area contributed by atoms with Crippen molar-refractivity contribution in [1.29, 1.82) is 0 Å². The Hall–Kier alpha value is -3.02. The molecule has 6 nitrogen and oxygen atoms in total. The number of nitrogens with zero attached hydrogens (tertiary/aromatic N) is 3. The number of aliphatic imine (C=N–C) groups is 1. The Morgan fingerprint density at radius 3 is 2.04 bits per heavy atom. The molecule has 0 spiro atoms. The quantitative estimate of drug-likeness (QED) is 0.571. The zero-order valence-corrected chi connectivity index (χ0v) is 17.5. The summed E-state index contributed by atoms with van der Waals surface area (Å²) in [5.41, 5.74) is 4.27. The molecule has 28 heavy (non-hydrogen) atoms. The van der Waals surface area contributed by atoms with Crippen LogP contribution in [0.3, 0.4) is 0 Å². The molecule has 1 amide bonds. The van der Waals surface area contributed by atoms with E-state index >= 15 is 0 Å². The molecule has 0 atom stereocenters. The van der Waals surface area contributed by atoms with Gasteiger partial charge in [0.1, 0.15) is 0 Å². The maximum absolute atomic E-state index is 11.9. The highest BCUT2D eigenvalue weighted by Gasteiger charge is 2.07. The minimum atomic E-state index is 0.00981. The van der Waals surface area contributed by atoms with Crippen LogP contribution in [0.5, 0.6) is 0 Å². The fourth-order valence-electron chi connectivity index (χ4n) is 2.72. The van der Waals surface area contributed by atoms with Crippen LogP contribution in [-0.4, -0.2) is 58.5 Å². The van der Waals surface area contributed by atoms with Crippen LogP contribution in [0, 0.1) is 0 Å². The van der Waals surface area contributed by atoms with Gasteiger partial charge in [-0.2, -0.15) is 0 Å². The van der Waals surface area contributed by atoms with Crippen molar-refractivity contribution in [3.8, 4) is 0 Å². The summed E-state index contributed by atoms with van der Waals surface area (Å²) in [7, 11) is 9.36. The number of amides is 1. The number of carbonyl (C=O) groups is 1. The molecule has 6 heteroatoms.